The molecule has 0 saturated heterocycles. The number of nitrogens with one attached hydrogen (secondary N) is 1. The lowest BCUT2D eigenvalue weighted by Gasteiger charge is -2.58. The van der Waals surface area contributed by atoms with E-state index < -0.39 is 16.9 Å². The fourth-order valence-electron chi connectivity index (χ4n) is 5.61. The number of nitrogens with zero attached hydrogens (tertiary/aromatic N) is 2. The van der Waals surface area contributed by atoms with Gasteiger partial charge < -0.3 is 20.4 Å². The second-order valence-corrected chi connectivity index (χ2v) is 12.4. The summed E-state index contributed by atoms with van der Waals surface area (Å²) >= 11 is 1.45. The van der Waals surface area contributed by atoms with Crippen LogP contribution in [-0.2, 0) is 16.0 Å². The maximum atomic E-state index is 13.1. The molecule has 2 aliphatic carbocycles. The smallest absolute Gasteiger partial charge is 0.231 e. The highest BCUT2D eigenvalue weighted by atomic mass is 32.1. The van der Waals surface area contributed by atoms with Crippen LogP contribution in [0.5, 0.6) is 0 Å². The van der Waals surface area contributed by atoms with Gasteiger partial charge in [0.05, 0.1) is 18.4 Å². The van der Waals surface area contributed by atoms with Gasteiger partial charge in [0.25, 0.3) is 0 Å². The van der Waals surface area contributed by atoms with Crippen molar-refractivity contribution in [2.24, 2.45) is 22.2 Å². The Morgan fingerprint density at radius 3 is 2.61 bits per heavy atom. The summed E-state index contributed by atoms with van der Waals surface area (Å²) in [6, 6.07) is 0. The summed E-state index contributed by atoms with van der Waals surface area (Å²) < 4.78 is 0. The molecule has 8 heteroatoms. The zero-order chi connectivity index (χ0) is 24.8. The Morgan fingerprint density at radius 2 is 2.03 bits per heavy atom. The van der Waals surface area contributed by atoms with Gasteiger partial charge in [-0.1, -0.05) is 40.7 Å². The van der Waals surface area contributed by atoms with Crippen molar-refractivity contribution < 1.29 is 19.8 Å². The monoisotopic (exact) mass is 477 g/mol. The van der Waals surface area contributed by atoms with Crippen LogP contribution in [0.4, 0.5) is 5.13 Å². The van der Waals surface area contributed by atoms with Crippen molar-refractivity contribution in [1.82, 2.24) is 9.88 Å². The first-order chi connectivity index (χ1) is 15.3. The number of carbonyl (C=O) groups is 2. The van der Waals surface area contributed by atoms with Crippen molar-refractivity contribution in [3.05, 3.63) is 23.2 Å². The number of aliphatic hydroxyl groups is 2. The molecule has 0 radical (unpaired) electrons. The highest BCUT2D eigenvalue weighted by Gasteiger charge is 2.59. The average molecular weight is 478 g/mol. The van der Waals surface area contributed by atoms with E-state index in [1.807, 2.05) is 27.7 Å². The van der Waals surface area contributed by atoms with E-state index in [1.54, 1.807) is 18.0 Å². The molecule has 1 fully saturated rings. The Morgan fingerprint density at radius 1 is 1.36 bits per heavy atom. The molecule has 5 atom stereocenters. The Labute approximate surface area is 201 Å². The van der Waals surface area contributed by atoms with E-state index in [9.17, 15) is 19.8 Å². The van der Waals surface area contributed by atoms with Crippen molar-refractivity contribution in [2.45, 2.75) is 72.3 Å². The van der Waals surface area contributed by atoms with Crippen molar-refractivity contribution in [1.29, 1.82) is 0 Å². The standard InChI is InChI=1S/C25H39N3O4S/c1-8-11-28(7)19(31)12-15-20-16(33-22(26-20)27-21(32)23(2,3)4)13-17-24(15,5)10-9-18(30)25(17,6)14-29/h8,15,17-18,29-30H,1,9-14H2,2-7H3,(H,26,27,32). The summed E-state index contributed by atoms with van der Waals surface area (Å²) in [4.78, 5) is 33.3. The van der Waals surface area contributed by atoms with Gasteiger partial charge >= 0.3 is 0 Å². The summed E-state index contributed by atoms with van der Waals surface area (Å²) in [5.41, 5.74) is -0.653. The Bertz CT molecular complexity index is 923. The Kier molecular flexibility index (Phi) is 7.14. The lowest BCUT2D eigenvalue weighted by atomic mass is 9.47. The summed E-state index contributed by atoms with van der Waals surface area (Å²) in [5.74, 6) is -0.273. The molecular formula is C25H39N3O4S. The molecule has 1 saturated carbocycles. The molecule has 2 aliphatic rings. The number of rotatable bonds is 6. The number of aliphatic hydroxyl groups excluding tert-OH is 2. The van der Waals surface area contributed by atoms with Crippen molar-refractivity contribution in [2.75, 3.05) is 25.5 Å². The third-order valence-electron chi connectivity index (χ3n) is 8.00. The van der Waals surface area contributed by atoms with Crippen LogP contribution in [0.1, 0.15) is 70.4 Å². The van der Waals surface area contributed by atoms with E-state index >= 15 is 0 Å². The number of anilines is 1. The number of carbonyl (C=O) groups excluding carboxylic acids is 2. The first kappa shape index (κ1) is 25.8. The molecule has 0 bridgehead atoms. The van der Waals surface area contributed by atoms with Crippen LogP contribution in [0.2, 0.25) is 0 Å². The summed E-state index contributed by atoms with van der Waals surface area (Å²) in [6.07, 6.45) is 3.38. The number of aromatic nitrogens is 1. The van der Waals surface area contributed by atoms with E-state index in [2.05, 4.69) is 18.8 Å². The summed E-state index contributed by atoms with van der Waals surface area (Å²) in [7, 11) is 1.77. The van der Waals surface area contributed by atoms with Crippen LogP contribution >= 0.6 is 11.3 Å². The lowest BCUT2D eigenvalue weighted by Crippen LogP contribution is -2.57. The summed E-state index contributed by atoms with van der Waals surface area (Å²) in [5, 5.41) is 24.7. The first-order valence-corrected chi connectivity index (χ1v) is 12.5. The van der Waals surface area contributed by atoms with Crippen LogP contribution in [0.3, 0.4) is 0 Å². The minimum absolute atomic E-state index is 0.0119. The fourth-order valence-corrected chi connectivity index (χ4v) is 6.67. The number of fused-ring (bicyclic) bond motifs is 2. The van der Waals surface area contributed by atoms with Gasteiger partial charge in [0, 0.05) is 41.6 Å². The molecule has 0 aromatic carbocycles. The SMILES string of the molecule is C=CCN(C)C(=O)CC1c2nc(NC(=O)C(C)(C)C)sc2CC2C(C)(CO)C(O)CCC12C. The van der Waals surface area contributed by atoms with Gasteiger partial charge in [0.2, 0.25) is 11.8 Å². The summed E-state index contributed by atoms with van der Waals surface area (Å²) in [6.45, 7) is 13.8. The third kappa shape index (κ3) is 4.62. The molecular weight excluding hydrogens is 438 g/mol. The zero-order valence-corrected chi connectivity index (χ0v) is 21.6. The van der Waals surface area contributed by atoms with Crippen LogP contribution in [-0.4, -0.2) is 58.2 Å². The predicted molar refractivity (Wildman–Crippen MR) is 131 cm³/mol. The maximum absolute atomic E-state index is 13.1. The van der Waals surface area contributed by atoms with Crippen molar-refractivity contribution in [3.8, 4) is 0 Å². The van der Waals surface area contributed by atoms with Gasteiger partial charge in [0.15, 0.2) is 5.13 Å². The maximum Gasteiger partial charge on any atom is 0.231 e. The second-order valence-electron chi connectivity index (χ2n) is 11.3. The van der Waals surface area contributed by atoms with Crippen LogP contribution in [0, 0.1) is 22.2 Å². The number of thiazole rings is 1. The number of likely N-dealkylation sites (N-methyl/N-ethyl adjacent to an activating group) is 1. The molecule has 1 heterocycles. The molecule has 0 aliphatic heterocycles. The van der Waals surface area contributed by atoms with Gasteiger partial charge in [-0.15, -0.1) is 17.9 Å². The molecule has 2 amide bonds. The van der Waals surface area contributed by atoms with E-state index in [0.29, 0.717) is 30.9 Å². The average Bonchev–Trinajstić information content (AvgIpc) is 3.14. The normalized spacial score (nSPS) is 31.3. The topological polar surface area (TPSA) is 103 Å². The van der Waals surface area contributed by atoms with Crippen molar-refractivity contribution in [3.63, 3.8) is 0 Å². The number of hydrogen-bond acceptors (Lipinski definition) is 6. The molecule has 3 N–H and O–H groups in total. The van der Waals surface area contributed by atoms with Gasteiger partial charge in [-0.05, 0) is 30.6 Å². The Hall–Kier alpha value is -1.77. The first-order valence-electron chi connectivity index (χ1n) is 11.7. The largest absolute Gasteiger partial charge is 0.396 e. The van der Waals surface area contributed by atoms with E-state index in [1.165, 1.54) is 11.3 Å². The second kappa shape index (κ2) is 9.12. The number of hydrogen-bond donors (Lipinski definition) is 3. The molecule has 33 heavy (non-hydrogen) atoms. The quantitative estimate of drug-likeness (QED) is 0.544. The van der Waals surface area contributed by atoms with Crippen molar-refractivity contribution >= 4 is 28.3 Å². The fraction of sp³-hybridized carbons (Fsp3) is 0.720. The molecule has 1 aromatic heterocycles. The van der Waals surface area contributed by atoms with Gasteiger partial charge in [0.1, 0.15) is 0 Å². The highest BCUT2D eigenvalue weighted by Crippen LogP contribution is 2.62. The lowest BCUT2D eigenvalue weighted by molar-refractivity contribution is -0.146. The van der Waals surface area contributed by atoms with Crippen LogP contribution in [0.15, 0.2) is 12.7 Å². The number of amides is 2. The highest BCUT2D eigenvalue weighted by molar-refractivity contribution is 7.15. The zero-order valence-electron chi connectivity index (χ0n) is 20.8. The predicted octanol–water partition coefficient (Wildman–Crippen LogP) is 3.58. The van der Waals surface area contributed by atoms with Crippen LogP contribution < -0.4 is 5.32 Å². The molecule has 3 rings (SSSR count). The van der Waals surface area contributed by atoms with Gasteiger partial charge in [-0.2, -0.15) is 0 Å². The van der Waals surface area contributed by atoms with Gasteiger partial charge in [-0.25, -0.2) is 4.98 Å². The van der Waals surface area contributed by atoms with E-state index in [0.717, 1.165) is 17.0 Å². The Balaban J connectivity index is 2.06. The minimum Gasteiger partial charge on any atom is -0.396 e. The molecule has 184 valence electrons. The molecule has 5 unspecified atom stereocenters. The molecule has 7 nitrogen and oxygen atoms in total. The van der Waals surface area contributed by atoms with E-state index in [-0.39, 0.29) is 35.7 Å². The molecule has 0 spiro atoms. The third-order valence-corrected chi connectivity index (χ3v) is 9.01. The molecule has 1 aromatic rings. The minimum atomic E-state index is -0.669. The van der Waals surface area contributed by atoms with Crippen LogP contribution in [0.25, 0.3) is 0 Å². The van der Waals surface area contributed by atoms with E-state index in [4.69, 9.17) is 4.98 Å². The van der Waals surface area contributed by atoms with Gasteiger partial charge in [-0.3, -0.25) is 9.59 Å².